The molecule has 0 aromatic heterocycles. The number of aryl methyl sites for hydroxylation is 1. The van der Waals surface area contributed by atoms with Crippen LogP contribution < -0.4 is 13.8 Å². The van der Waals surface area contributed by atoms with E-state index >= 15 is 0 Å². The number of benzene rings is 3. The minimum absolute atomic E-state index is 0.181. The Balaban J connectivity index is 1.66. The molecule has 1 saturated carbocycles. The van der Waals surface area contributed by atoms with Crippen LogP contribution >= 0.6 is 7.60 Å². The second-order valence-corrected chi connectivity index (χ2v) is 12.1. The summed E-state index contributed by atoms with van der Waals surface area (Å²) in [5.41, 5.74) is 0.341. The number of rotatable bonds is 8. The molecule has 0 saturated heterocycles. The molecule has 174 valence electrons. The fourth-order valence-electron chi connectivity index (χ4n) is 4.02. The Kier molecular flexibility index (Phi) is 7.23. The first-order chi connectivity index (χ1) is 15.9. The minimum Gasteiger partial charge on any atom is -0.416 e. The molecule has 0 aliphatic heterocycles. The van der Waals surface area contributed by atoms with E-state index in [2.05, 4.69) is 4.72 Å². The van der Waals surface area contributed by atoms with Gasteiger partial charge in [-0.3, -0.25) is 0 Å². The zero-order chi connectivity index (χ0) is 23.3. The third-order valence-corrected chi connectivity index (χ3v) is 9.59. The lowest BCUT2D eigenvalue weighted by atomic mass is 9.96. The molecule has 4 rings (SSSR count). The van der Waals surface area contributed by atoms with Crippen molar-refractivity contribution in [1.82, 2.24) is 4.72 Å². The lowest BCUT2D eigenvalue weighted by Gasteiger charge is -2.36. The highest BCUT2D eigenvalue weighted by atomic mass is 32.2. The Morgan fingerprint density at radius 1 is 0.788 bits per heavy atom. The molecule has 0 heterocycles. The summed E-state index contributed by atoms with van der Waals surface area (Å²) >= 11 is 0. The molecule has 1 fully saturated rings. The van der Waals surface area contributed by atoms with Gasteiger partial charge in [-0.05, 0) is 56.2 Å². The van der Waals surface area contributed by atoms with E-state index in [0.29, 0.717) is 24.3 Å². The van der Waals surface area contributed by atoms with Crippen LogP contribution in [-0.2, 0) is 14.6 Å². The average molecular weight is 486 g/mol. The summed E-state index contributed by atoms with van der Waals surface area (Å²) in [5.74, 6) is 0.838. The van der Waals surface area contributed by atoms with E-state index in [1.807, 2.05) is 19.1 Å². The van der Waals surface area contributed by atoms with Crippen molar-refractivity contribution < 1.29 is 22.0 Å². The van der Waals surface area contributed by atoms with Gasteiger partial charge in [-0.15, -0.1) is 0 Å². The normalized spacial score (nSPS) is 19.1. The van der Waals surface area contributed by atoms with Gasteiger partial charge in [0.15, 0.2) is 0 Å². The Morgan fingerprint density at radius 3 is 1.85 bits per heavy atom. The fraction of sp³-hybridized carbons (Fsp3) is 0.280. The monoisotopic (exact) mass is 485 g/mol. The van der Waals surface area contributed by atoms with Crippen molar-refractivity contribution in [2.75, 3.05) is 0 Å². The molecular formula is C25H28NO5PS. The van der Waals surface area contributed by atoms with E-state index < -0.39 is 29.3 Å². The first-order valence-corrected chi connectivity index (χ1v) is 14.1. The first-order valence-electron chi connectivity index (χ1n) is 11.0. The van der Waals surface area contributed by atoms with Crippen LogP contribution in [0.3, 0.4) is 0 Å². The van der Waals surface area contributed by atoms with Gasteiger partial charge in [-0.25, -0.2) is 17.7 Å². The molecule has 1 aliphatic carbocycles. The van der Waals surface area contributed by atoms with E-state index in [1.54, 1.807) is 72.8 Å². The van der Waals surface area contributed by atoms with Gasteiger partial charge >= 0.3 is 7.60 Å². The number of nitrogens with one attached hydrogen (secondary N) is 1. The largest absolute Gasteiger partial charge is 0.435 e. The Bertz CT molecular complexity index is 1160. The second-order valence-electron chi connectivity index (χ2n) is 8.24. The number of hydrogen-bond acceptors (Lipinski definition) is 5. The summed E-state index contributed by atoms with van der Waals surface area (Å²) < 4.78 is 55.4. The van der Waals surface area contributed by atoms with Crippen molar-refractivity contribution in [3.05, 3.63) is 90.5 Å². The van der Waals surface area contributed by atoms with Crippen molar-refractivity contribution in [2.24, 2.45) is 0 Å². The van der Waals surface area contributed by atoms with Crippen molar-refractivity contribution in [3.63, 3.8) is 0 Å². The summed E-state index contributed by atoms with van der Waals surface area (Å²) in [6.07, 6.45) is 2.72. The van der Waals surface area contributed by atoms with Crippen LogP contribution in [0, 0.1) is 6.92 Å². The minimum atomic E-state index is -3.81. The summed E-state index contributed by atoms with van der Waals surface area (Å²) in [4.78, 5) is 0.181. The highest BCUT2D eigenvalue weighted by Gasteiger charge is 2.46. The van der Waals surface area contributed by atoms with Gasteiger partial charge in [0, 0.05) is 6.04 Å². The highest BCUT2D eigenvalue weighted by molar-refractivity contribution is 7.89. The first kappa shape index (κ1) is 23.6. The zero-order valence-electron chi connectivity index (χ0n) is 18.5. The predicted octanol–water partition coefficient (Wildman–Crippen LogP) is 5.94. The van der Waals surface area contributed by atoms with Crippen LogP contribution in [0.5, 0.6) is 11.5 Å². The van der Waals surface area contributed by atoms with Crippen molar-refractivity contribution in [2.45, 2.75) is 49.2 Å². The van der Waals surface area contributed by atoms with E-state index in [-0.39, 0.29) is 4.90 Å². The molecule has 8 heteroatoms. The molecule has 3 aromatic rings. The molecule has 0 bridgehead atoms. The topological polar surface area (TPSA) is 81.7 Å². The van der Waals surface area contributed by atoms with Crippen molar-refractivity contribution >= 4 is 17.6 Å². The average Bonchev–Trinajstić information content (AvgIpc) is 2.81. The molecular weight excluding hydrogens is 457 g/mol. The molecule has 0 unspecified atom stereocenters. The van der Waals surface area contributed by atoms with Crippen LogP contribution in [0.1, 0.15) is 31.2 Å². The molecule has 33 heavy (non-hydrogen) atoms. The van der Waals surface area contributed by atoms with Crippen molar-refractivity contribution in [1.29, 1.82) is 0 Å². The number of hydrogen-bond donors (Lipinski definition) is 1. The molecule has 2 atom stereocenters. The van der Waals surface area contributed by atoms with Gasteiger partial charge in [-0.1, -0.05) is 66.9 Å². The molecule has 1 N–H and O–H groups in total. The van der Waals surface area contributed by atoms with E-state index in [4.69, 9.17) is 9.05 Å². The fourth-order valence-corrected chi connectivity index (χ4v) is 7.74. The predicted molar refractivity (Wildman–Crippen MR) is 129 cm³/mol. The van der Waals surface area contributed by atoms with Gasteiger partial charge in [0.1, 0.15) is 17.2 Å². The lowest BCUT2D eigenvalue weighted by Crippen LogP contribution is -2.46. The van der Waals surface area contributed by atoms with Crippen LogP contribution in [0.25, 0.3) is 0 Å². The number of sulfonamides is 1. The quantitative estimate of drug-likeness (QED) is 0.400. The Morgan fingerprint density at radius 2 is 1.30 bits per heavy atom. The zero-order valence-corrected chi connectivity index (χ0v) is 20.2. The molecule has 6 nitrogen and oxygen atoms in total. The van der Waals surface area contributed by atoms with Crippen LogP contribution in [0.4, 0.5) is 0 Å². The summed E-state index contributed by atoms with van der Waals surface area (Å²) in [6.45, 7) is 1.90. The van der Waals surface area contributed by atoms with Gasteiger partial charge in [0.05, 0.1) is 4.90 Å². The second kappa shape index (κ2) is 10.1. The summed E-state index contributed by atoms with van der Waals surface area (Å²) in [5, 5.41) is 0. The number of para-hydroxylation sites is 2. The van der Waals surface area contributed by atoms with E-state index in [9.17, 15) is 13.0 Å². The molecule has 3 aromatic carbocycles. The molecule has 0 amide bonds. The van der Waals surface area contributed by atoms with Crippen LogP contribution in [0.15, 0.2) is 89.8 Å². The molecule has 0 radical (unpaired) electrons. The van der Waals surface area contributed by atoms with Crippen LogP contribution in [-0.4, -0.2) is 20.1 Å². The third-order valence-electron chi connectivity index (χ3n) is 5.73. The molecule has 0 spiro atoms. The van der Waals surface area contributed by atoms with E-state index in [1.165, 1.54) is 0 Å². The molecule has 1 aliphatic rings. The smallest absolute Gasteiger partial charge is 0.416 e. The van der Waals surface area contributed by atoms with Gasteiger partial charge < -0.3 is 9.05 Å². The highest BCUT2D eigenvalue weighted by Crippen LogP contribution is 2.57. The maximum absolute atomic E-state index is 14.3. The summed E-state index contributed by atoms with van der Waals surface area (Å²) in [7, 11) is -7.60. The van der Waals surface area contributed by atoms with Gasteiger partial charge in [-0.2, -0.15) is 0 Å². The maximum Gasteiger partial charge on any atom is 0.435 e. The third kappa shape index (κ3) is 5.85. The van der Waals surface area contributed by atoms with Crippen LogP contribution in [0.2, 0.25) is 0 Å². The maximum atomic E-state index is 14.3. The Hall–Kier alpha value is -2.60. The SMILES string of the molecule is Cc1ccc(S(=O)(=O)N[C@@H]2CCCC[C@H]2P(=O)(Oc2ccccc2)Oc2ccccc2)cc1. The lowest BCUT2D eigenvalue weighted by molar-refractivity contribution is 0.326. The van der Waals surface area contributed by atoms with E-state index in [0.717, 1.165) is 18.4 Å². The Labute approximate surface area is 195 Å². The van der Waals surface area contributed by atoms with Crippen molar-refractivity contribution in [3.8, 4) is 11.5 Å². The van der Waals surface area contributed by atoms with Gasteiger partial charge in [0.2, 0.25) is 10.0 Å². The van der Waals surface area contributed by atoms with Gasteiger partial charge in [0.25, 0.3) is 0 Å². The standard InChI is InChI=1S/C25H28NO5PS/c1-20-16-18-23(19-17-20)33(28,29)26-24-14-8-9-15-25(24)32(27,30-21-10-4-2-5-11-21)31-22-12-6-3-7-13-22/h2-7,10-13,16-19,24-26H,8-9,14-15H2,1H3/t24-,25-/m1/s1. The summed E-state index contributed by atoms with van der Waals surface area (Å²) in [6, 6.07) is 23.8.